The van der Waals surface area contributed by atoms with E-state index in [1.807, 2.05) is 56.3 Å². The highest BCUT2D eigenvalue weighted by molar-refractivity contribution is 5.79. The Morgan fingerprint density at radius 1 is 1.21 bits per heavy atom. The van der Waals surface area contributed by atoms with Crippen molar-refractivity contribution in [3.63, 3.8) is 0 Å². The molecule has 1 aliphatic heterocycles. The van der Waals surface area contributed by atoms with Crippen molar-refractivity contribution in [3.8, 4) is 5.75 Å². The molecule has 1 N–H and O–H groups in total. The number of benzene rings is 1. The van der Waals surface area contributed by atoms with E-state index in [1.54, 1.807) is 0 Å². The Morgan fingerprint density at radius 3 is 2.93 bits per heavy atom. The van der Waals surface area contributed by atoms with Gasteiger partial charge in [0, 0.05) is 30.9 Å². The standard InChI is InChI=1S/C22H27N5O2/c1-3-29-19-11-5-4-9-17(19)14-23-21(28)18-10-7-13-26(15-18)22-25-24-20-12-6-8-16(2)27(20)22/h4-6,8-9,11-12,18H,3,7,10,13-15H2,1-2H3,(H,23,28)/t18-/m0/s1. The lowest BCUT2D eigenvalue weighted by Crippen LogP contribution is -2.43. The molecule has 0 saturated carbocycles. The fourth-order valence-electron chi connectivity index (χ4n) is 3.93. The topological polar surface area (TPSA) is 71.8 Å². The second-order valence-electron chi connectivity index (χ2n) is 7.40. The fraction of sp³-hybridized carbons (Fsp3) is 0.409. The summed E-state index contributed by atoms with van der Waals surface area (Å²) < 4.78 is 7.71. The number of amides is 1. The maximum atomic E-state index is 12.9. The summed E-state index contributed by atoms with van der Waals surface area (Å²) in [6.45, 7) is 6.61. The number of carbonyl (C=O) groups excluding carboxylic acids is 1. The average Bonchev–Trinajstić information content (AvgIpc) is 3.19. The van der Waals surface area contributed by atoms with Gasteiger partial charge in [-0.05, 0) is 44.9 Å². The second-order valence-corrected chi connectivity index (χ2v) is 7.40. The van der Waals surface area contributed by atoms with Gasteiger partial charge in [0.05, 0.1) is 12.5 Å². The molecule has 2 aromatic heterocycles. The van der Waals surface area contributed by atoms with Crippen molar-refractivity contribution in [3.05, 3.63) is 53.7 Å². The van der Waals surface area contributed by atoms with Crippen LogP contribution in [0.1, 0.15) is 31.0 Å². The lowest BCUT2D eigenvalue weighted by atomic mass is 9.97. The van der Waals surface area contributed by atoms with Crippen molar-refractivity contribution in [2.75, 3.05) is 24.6 Å². The van der Waals surface area contributed by atoms with E-state index in [0.717, 1.165) is 48.0 Å². The van der Waals surface area contributed by atoms with Crippen LogP contribution in [0.2, 0.25) is 0 Å². The smallest absolute Gasteiger partial charge is 0.231 e. The Bertz CT molecular complexity index is 1000. The molecular formula is C22H27N5O2. The van der Waals surface area contributed by atoms with Gasteiger partial charge in [-0.15, -0.1) is 10.2 Å². The molecule has 0 aliphatic carbocycles. The van der Waals surface area contributed by atoms with Crippen LogP contribution in [0, 0.1) is 12.8 Å². The van der Waals surface area contributed by atoms with Gasteiger partial charge < -0.3 is 15.0 Å². The van der Waals surface area contributed by atoms with Gasteiger partial charge in [-0.25, -0.2) is 0 Å². The largest absolute Gasteiger partial charge is 0.494 e. The first-order valence-corrected chi connectivity index (χ1v) is 10.2. The number of hydrogen-bond acceptors (Lipinski definition) is 5. The van der Waals surface area contributed by atoms with Gasteiger partial charge in [-0.3, -0.25) is 9.20 Å². The Morgan fingerprint density at radius 2 is 2.07 bits per heavy atom. The number of pyridine rings is 1. The summed E-state index contributed by atoms with van der Waals surface area (Å²) in [7, 11) is 0. The van der Waals surface area contributed by atoms with Crippen LogP contribution < -0.4 is 15.0 Å². The molecule has 1 aliphatic rings. The van der Waals surface area contributed by atoms with Crippen molar-refractivity contribution < 1.29 is 9.53 Å². The molecule has 152 valence electrons. The molecule has 1 aromatic carbocycles. The van der Waals surface area contributed by atoms with Gasteiger partial charge in [0.1, 0.15) is 5.75 Å². The van der Waals surface area contributed by atoms with Crippen LogP contribution in [0.25, 0.3) is 5.65 Å². The third-order valence-electron chi connectivity index (χ3n) is 5.41. The number of anilines is 1. The summed E-state index contributed by atoms with van der Waals surface area (Å²) in [6, 6.07) is 13.8. The summed E-state index contributed by atoms with van der Waals surface area (Å²) in [5.74, 6) is 1.65. The quantitative estimate of drug-likeness (QED) is 0.697. The molecule has 3 heterocycles. The molecule has 29 heavy (non-hydrogen) atoms. The molecular weight excluding hydrogens is 366 g/mol. The van der Waals surface area contributed by atoms with E-state index in [0.29, 0.717) is 19.7 Å². The SMILES string of the molecule is CCOc1ccccc1CNC(=O)[C@H]1CCCN(c2nnc3cccc(C)n23)C1. The van der Waals surface area contributed by atoms with Crippen LogP contribution in [0.3, 0.4) is 0 Å². The number of rotatable bonds is 6. The van der Waals surface area contributed by atoms with E-state index in [1.165, 1.54) is 0 Å². The lowest BCUT2D eigenvalue weighted by Gasteiger charge is -2.32. The van der Waals surface area contributed by atoms with E-state index in [-0.39, 0.29) is 11.8 Å². The van der Waals surface area contributed by atoms with E-state index in [9.17, 15) is 4.79 Å². The molecule has 7 nitrogen and oxygen atoms in total. The first kappa shape index (κ1) is 19.2. The summed E-state index contributed by atoms with van der Waals surface area (Å²) in [4.78, 5) is 15.0. The minimum atomic E-state index is -0.0700. The molecule has 4 rings (SSSR count). The number of piperidine rings is 1. The van der Waals surface area contributed by atoms with Crippen LogP contribution in [-0.2, 0) is 11.3 Å². The maximum Gasteiger partial charge on any atom is 0.231 e. The first-order valence-electron chi connectivity index (χ1n) is 10.2. The van der Waals surface area contributed by atoms with Crippen LogP contribution in [0.4, 0.5) is 5.95 Å². The van der Waals surface area contributed by atoms with E-state index in [2.05, 4.69) is 24.8 Å². The van der Waals surface area contributed by atoms with Crippen molar-refractivity contribution >= 4 is 17.5 Å². The molecule has 1 amide bonds. The predicted octanol–water partition coefficient (Wildman–Crippen LogP) is 2.97. The number of nitrogens with zero attached hydrogens (tertiary/aromatic N) is 4. The molecule has 0 radical (unpaired) electrons. The van der Waals surface area contributed by atoms with Crippen LogP contribution in [-0.4, -0.2) is 40.2 Å². The number of aryl methyl sites for hydroxylation is 1. The number of ether oxygens (including phenoxy) is 1. The monoisotopic (exact) mass is 393 g/mol. The molecule has 3 aromatic rings. The molecule has 0 unspecified atom stereocenters. The Balaban J connectivity index is 1.44. The van der Waals surface area contributed by atoms with Crippen molar-refractivity contribution in [1.82, 2.24) is 19.9 Å². The summed E-state index contributed by atoms with van der Waals surface area (Å²) in [6.07, 6.45) is 1.83. The number of fused-ring (bicyclic) bond motifs is 1. The number of carbonyl (C=O) groups is 1. The fourth-order valence-corrected chi connectivity index (χ4v) is 3.93. The zero-order chi connectivity index (χ0) is 20.2. The molecule has 1 atom stereocenters. The Hall–Kier alpha value is -3.09. The van der Waals surface area contributed by atoms with Crippen molar-refractivity contribution in [2.45, 2.75) is 33.2 Å². The van der Waals surface area contributed by atoms with Crippen molar-refractivity contribution in [2.24, 2.45) is 5.92 Å². The average molecular weight is 393 g/mol. The zero-order valence-electron chi connectivity index (χ0n) is 17.0. The number of aromatic nitrogens is 3. The summed E-state index contributed by atoms with van der Waals surface area (Å²) in [5.41, 5.74) is 2.91. The molecule has 1 fully saturated rings. The third kappa shape index (κ3) is 4.04. The first-order chi connectivity index (χ1) is 14.2. The number of nitrogens with one attached hydrogen (secondary N) is 1. The van der Waals surface area contributed by atoms with E-state index < -0.39 is 0 Å². The highest BCUT2D eigenvalue weighted by atomic mass is 16.5. The van der Waals surface area contributed by atoms with Gasteiger partial charge in [0.2, 0.25) is 11.9 Å². The van der Waals surface area contributed by atoms with Gasteiger partial charge >= 0.3 is 0 Å². The van der Waals surface area contributed by atoms with Crippen molar-refractivity contribution in [1.29, 1.82) is 0 Å². The summed E-state index contributed by atoms with van der Waals surface area (Å²) in [5, 5.41) is 11.8. The molecule has 0 bridgehead atoms. The Kier molecular flexibility index (Phi) is 5.64. The lowest BCUT2D eigenvalue weighted by molar-refractivity contribution is -0.125. The minimum absolute atomic E-state index is 0.0700. The van der Waals surface area contributed by atoms with E-state index in [4.69, 9.17) is 4.74 Å². The van der Waals surface area contributed by atoms with Gasteiger partial charge in [-0.1, -0.05) is 24.3 Å². The molecule has 0 spiro atoms. The predicted molar refractivity (Wildman–Crippen MR) is 112 cm³/mol. The highest BCUT2D eigenvalue weighted by Crippen LogP contribution is 2.24. The van der Waals surface area contributed by atoms with Crippen LogP contribution in [0.5, 0.6) is 5.75 Å². The van der Waals surface area contributed by atoms with Crippen LogP contribution >= 0.6 is 0 Å². The third-order valence-corrected chi connectivity index (χ3v) is 5.41. The number of para-hydroxylation sites is 1. The Labute approximate surface area is 170 Å². The second kappa shape index (κ2) is 8.51. The van der Waals surface area contributed by atoms with Gasteiger partial charge in [0.25, 0.3) is 0 Å². The van der Waals surface area contributed by atoms with Gasteiger partial charge in [-0.2, -0.15) is 0 Å². The normalized spacial score (nSPS) is 16.8. The van der Waals surface area contributed by atoms with Crippen LogP contribution in [0.15, 0.2) is 42.5 Å². The molecule has 1 saturated heterocycles. The van der Waals surface area contributed by atoms with Gasteiger partial charge in [0.15, 0.2) is 5.65 Å². The highest BCUT2D eigenvalue weighted by Gasteiger charge is 2.28. The minimum Gasteiger partial charge on any atom is -0.494 e. The summed E-state index contributed by atoms with van der Waals surface area (Å²) >= 11 is 0. The number of hydrogen-bond donors (Lipinski definition) is 1. The molecule has 7 heteroatoms. The zero-order valence-corrected chi connectivity index (χ0v) is 17.0. The maximum absolute atomic E-state index is 12.9. The van der Waals surface area contributed by atoms with E-state index >= 15 is 0 Å².